The average Bonchev–Trinajstić information content (AvgIpc) is 2.46. The van der Waals surface area contributed by atoms with Crippen LogP contribution in [0, 0.1) is 13.8 Å². The van der Waals surface area contributed by atoms with E-state index in [-0.39, 0.29) is 5.56 Å². The van der Waals surface area contributed by atoms with Crippen LogP contribution in [0.2, 0.25) is 0 Å². The second kappa shape index (κ2) is 5.44. The molecule has 2 N–H and O–H groups in total. The maximum atomic E-state index is 12.1. The zero-order valence-electron chi connectivity index (χ0n) is 12.2. The Morgan fingerprint density at radius 3 is 2.67 bits per heavy atom. The smallest absolute Gasteiger partial charge is 0.253 e. The molecule has 0 saturated carbocycles. The molecule has 2 aromatic carbocycles. The summed E-state index contributed by atoms with van der Waals surface area (Å²) in [5.74, 6) is 0. The Labute approximate surface area is 123 Å². The molecule has 3 aromatic rings. The molecule has 0 bridgehead atoms. The molecular formula is C18H18N2O. The van der Waals surface area contributed by atoms with E-state index in [9.17, 15) is 4.79 Å². The Morgan fingerprint density at radius 2 is 1.86 bits per heavy atom. The lowest BCUT2D eigenvalue weighted by molar-refractivity contribution is 1.08. The number of para-hydroxylation sites is 1. The van der Waals surface area contributed by atoms with Gasteiger partial charge in [0.2, 0.25) is 0 Å². The van der Waals surface area contributed by atoms with Crippen molar-refractivity contribution in [1.82, 2.24) is 4.98 Å². The second-order valence-corrected chi connectivity index (χ2v) is 5.38. The minimum Gasteiger partial charge on any atom is -0.381 e. The van der Waals surface area contributed by atoms with Crippen LogP contribution in [0.25, 0.3) is 10.9 Å². The van der Waals surface area contributed by atoms with E-state index < -0.39 is 0 Å². The predicted octanol–water partition coefficient (Wildman–Crippen LogP) is 3.76. The van der Waals surface area contributed by atoms with Gasteiger partial charge in [0.1, 0.15) is 0 Å². The molecule has 3 nitrogen and oxygen atoms in total. The van der Waals surface area contributed by atoms with Crippen molar-refractivity contribution in [2.45, 2.75) is 20.4 Å². The van der Waals surface area contributed by atoms with Crippen molar-refractivity contribution >= 4 is 16.6 Å². The molecule has 0 aliphatic heterocycles. The molecule has 1 heterocycles. The lowest BCUT2D eigenvalue weighted by atomic mass is 10.1. The lowest BCUT2D eigenvalue weighted by Gasteiger charge is -2.10. The van der Waals surface area contributed by atoms with Gasteiger partial charge in [0, 0.05) is 23.3 Å². The predicted molar refractivity (Wildman–Crippen MR) is 87.8 cm³/mol. The first-order chi connectivity index (χ1) is 10.1. The van der Waals surface area contributed by atoms with Gasteiger partial charge in [0.15, 0.2) is 0 Å². The number of nitrogens with one attached hydrogen (secondary N) is 2. The highest BCUT2D eigenvalue weighted by Gasteiger charge is 2.04. The summed E-state index contributed by atoms with van der Waals surface area (Å²) in [6.07, 6.45) is 0. The van der Waals surface area contributed by atoms with E-state index >= 15 is 0 Å². The first-order valence-corrected chi connectivity index (χ1v) is 7.05. The first-order valence-electron chi connectivity index (χ1n) is 7.05. The number of benzene rings is 2. The van der Waals surface area contributed by atoms with Crippen molar-refractivity contribution in [3.05, 3.63) is 75.6 Å². The van der Waals surface area contributed by atoms with E-state index in [1.54, 1.807) is 0 Å². The molecule has 3 rings (SSSR count). The third-order valence-corrected chi connectivity index (χ3v) is 3.68. The number of rotatable bonds is 3. The maximum absolute atomic E-state index is 12.1. The van der Waals surface area contributed by atoms with Crippen LogP contribution in [0.15, 0.2) is 53.3 Å². The highest BCUT2D eigenvalue weighted by atomic mass is 16.1. The summed E-state index contributed by atoms with van der Waals surface area (Å²) in [5.41, 5.74) is 5.07. The number of anilines is 1. The molecule has 0 atom stereocenters. The van der Waals surface area contributed by atoms with Crippen LogP contribution >= 0.6 is 0 Å². The van der Waals surface area contributed by atoms with Gasteiger partial charge in [0.25, 0.3) is 5.56 Å². The molecule has 3 heteroatoms. The van der Waals surface area contributed by atoms with Gasteiger partial charge >= 0.3 is 0 Å². The average molecular weight is 278 g/mol. The summed E-state index contributed by atoms with van der Waals surface area (Å²) in [5, 5.41) is 4.39. The van der Waals surface area contributed by atoms with E-state index in [1.165, 1.54) is 11.1 Å². The third-order valence-electron chi connectivity index (χ3n) is 3.68. The molecule has 0 aliphatic carbocycles. The topological polar surface area (TPSA) is 44.9 Å². The molecule has 106 valence electrons. The largest absolute Gasteiger partial charge is 0.381 e. The molecule has 0 aliphatic rings. The van der Waals surface area contributed by atoms with Gasteiger partial charge in [-0.05, 0) is 43.0 Å². The number of fused-ring (bicyclic) bond motifs is 1. The highest BCUT2D eigenvalue weighted by molar-refractivity contribution is 5.78. The Morgan fingerprint density at radius 1 is 1.05 bits per heavy atom. The van der Waals surface area contributed by atoms with Crippen LogP contribution < -0.4 is 10.9 Å². The molecule has 21 heavy (non-hydrogen) atoms. The van der Waals surface area contributed by atoms with Crippen LogP contribution in [-0.4, -0.2) is 4.98 Å². The summed E-state index contributed by atoms with van der Waals surface area (Å²) in [6.45, 7) is 4.66. The molecule has 0 amide bonds. The van der Waals surface area contributed by atoms with Crippen LogP contribution in [0.3, 0.4) is 0 Å². The van der Waals surface area contributed by atoms with Crippen molar-refractivity contribution in [2.75, 3.05) is 5.32 Å². The second-order valence-electron chi connectivity index (χ2n) is 5.38. The number of aromatic nitrogens is 1. The number of hydrogen-bond acceptors (Lipinski definition) is 2. The van der Waals surface area contributed by atoms with E-state index in [4.69, 9.17) is 0 Å². The minimum absolute atomic E-state index is 0.0361. The number of hydrogen-bond donors (Lipinski definition) is 2. The summed E-state index contributed by atoms with van der Waals surface area (Å²) < 4.78 is 0. The zero-order chi connectivity index (χ0) is 14.8. The van der Waals surface area contributed by atoms with Gasteiger partial charge in [-0.1, -0.05) is 35.9 Å². The monoisotopic (exact) mass is 278 g/mol. The fourth-order valence-corrected chi connectivity index (χ4v) is 2.53. The van der Waals surface area contributed by atoms with Crippen molar-refractivity contribution in [2.24, 2.45) is 0 Å². The molecule has 0 spiro atoms. The van der Waals surface area contributed by atoms with Crippen LogP contribution in [0.4, 0.5) is 5.69 Å². The van der Waals surface area contributed by atoms with Gasteiger partial charge < -0.3 is 10.3 Å². The Hall–Kier alpha value is -2.55. The Balaban J connectivity index is 1.88. The first kappa shape index (κ1) is 13.4. The SMILES string of the molecule is Cc1ccc(NCc2cc3ccccc3[nH]c2=O)c(C)c1. The highest BCUT2D eigenvalue weighted by Crippen LogP contribution is 2.17. The fraction of sp³-hybridized carbons (Fsp3) is 0.167. The van der Waals surface area contributed by atoms with Crippen molar-refractivity contribution < 1.29 is 0 Å². The van der Waals surface area contributed by atoms with Crippen molar-refractivity contribution in [3.8, 4) is 0 Å². The Kier molecular flexibility index (Phi) is 3.48. The minimum atomic E-state index is -0.0361. The van der Waals surface area contributed by atoms with Gasteiger partial charge in [-0.25, -0.2) is 0 Å². The van der Waals surface area contributed by atoms with Gasteiger partial charge in [-0.3, -0.25) is 4.79 Å². The van der Waals surface area contributed by atoms with Crippen LogP contribution in [0.5, 0.6) is 0 Å². The van der Waals surface area contributed by atoms with E-state index in [2.05, 4.69) is 42.3 Å². The number of H-pyrrole nitrogens is 1. The van der Waals surface area contributed by atoms with Crippen LogP contribution in [-0.2, 0) is 6.54 Å². The van der Waals surface area contributed by atoms with E-state index in [0.717, 1.165) is 22.2 Å². The molecule has 0 unspecified atom stereocenters. The van der Waals surface area contributed by atoms with Gasteiger partial charge in [-0.15, -0.1) is 0 Å². The molecule has 0 radical (unpaired) electrons. The molecular weight excluding hydrogens is 260 g/mol. The third kappa shape index (κ3) is 2.82. The number of aryl methyl sites for hydroxylation is 2. The van der Waals surface area contributed by atoms with Gasteiger partial charge in [-0.2, -0.15) is 0 Å². The van der Waals surface area contributed by atoms with Crippen LogP contribution in [0.1, 0.15) is 16.7 Å². The quantitative estimate of drug-likeness (QED) is 0.766. The van der Waals surface area contributed by atoms with E-state index in [0.29, 0.717) is 6.54 Å². The number of pyridine rings is 1. The molecule has 1 aromatic heterocycles. The fourth-order valence-electron chi connectivity index (χ4n) is 2.53. The summed E-state index contributed by atoms with van der Waals surface area (Å²) in [6, 6.07) is 16.0. The summed E-state index contributed by atoms with van der Waals surface area (Å²) in [4.78, 5) is 15.0. The zero-order valence-corrected chi connectivity index (χ0v) is 12.2. The maximum Gasteiger partial charge on any atom is 0.253 e. The normalized spacial score (nSPS) is 10.8. The Bertz CT molecular complexity index is 849. The van der Waals surface area contributed by atoms with Crippen molar-refractivity contribution in [1.29, 1.82) is 0 Å². The lowest BCUT2D eigenvalue weighted by Crippen LogP contribution is -2.15. The van der Waals surface area contributed by atoms with Crippen molar-refractivity contribution in [3.63, 3.8) is 0 Å². The van der Waals surface area contributed by atoms with E-state index in [1.807, 2.05) is 30.3 Å². The number of aromatic amines is 1. The standard InChI is InChI=1S/C18H18N2O/c1-12-7-8-16(13(2)9-12)19-11-15-10-14-5-3-4-6-17(14)20-18(15)21/h3-10,19H,11H2,1-2H3,(H,20,21). The molecule has 0 saturated heterocycles. The van der Waals surface area contributed by atoms with Gasteiger partial charge in [0.05, 0.1) is 0 Å². The summed E-state index contributed by atoms with van der Waals surface area (Å²) >= 11 is 0. The summed E-state index contributed by atoms with van der Waals surface area (Å²) in [7, 11) is 0. The molecule has 0 fully saturated rings.